The monoisotopic (exact) mass is 387 g/mol. The molecule has 0 saturated carbocycles. The van der Waals surface area contributed by atoms with Gasteiger partial charge in [0.25, 0.3) is 0 Å². The molecule has 0 aliphatic heterocycles. The number of rotatable bonds is 17. The quantitative estimate of drug-likeness (QED) is 0.212. The summed E-state index contributed by atoms with van der Waals surface area (Å²) in [6.07, 6.45) is 21.2. The summed E-state index contributed by atoms with van der Waals surface area (Å²) in [4.78, 5) is 10.3. The number of allylic oxidation sites excluding steroid dienone is 2. The van der Waals surface area contributed by atoms with Gasteiger partial charge in [-0.2, -0.15) is 0 Å². The molecule has 0 aromatic carbocycles. The number of aliphatic hydroxyl groups excluding tert-OH is 2. The van der Waals surface area contributed by atoms with Crippen molar-refractivity contribution in [1.82, 2.24) is 0 Å². The molecule has 0 bridgehead atoms. The lowest BCUT2D eigenvalue weighted by Gasteiger charge is -2.16. The highest BCUT2D eigenvalue weighted by Gasteiger charge is 2.13. The zero-order valence-electron chi connectivity index (χ0n) is 17.8. The summed E-state index contributed by atoms with van der Waals surface area (Å²) in [5.41, 5.74) is 4.41. The number of unbranched alkanes of at least 4 members (excludes halogenated alkanes) is 11. The molecule has 0 amide bonds. The summed E-state index contributed by atoms with van der Waals surface area (Å²) in [6, 6.07) is 0. The van der Waals surface area contributed by atoms with Crippen LogP contribution in [0.1, 0.15) is 104 Å². The fourth-order valence-corrected chi connectivity index (χ4v) is 2.40. The molecular formula is C22H45NO4. The minimum Gasteiger partial charge on any atom is -0.481 e. The molecule has 0 aromatic rings. The average molecular weight is 388 g/mol. The first kappa shape index (κ1) is 28.3. The third-order valence-electron chi connectivity index (χ3n) is 4.37. The van der Waals surface area contributed by atoms with Crippen LogP contribution in [0.5, 0.6) is 0 Å². The molecule has 0 rings (SSSR count). The number of nitrogens with two attached hydrogens (primary N) is 1. The van der Waals surface area contributed by atoms with Crippen LogP contribution in [-0.2, 0) is 4.79 Å². The van der Waals surface area contributed by atoms with Crippen LogP contribution in [-0.4, -0.2) is 40.0 Å². The Hall–Kier alpha value is -0.910. The predicted octanol–water partition coefficient (Wildman–Crippen LogP) is 4.80. The summed E-state index contributed by atoms with van der Waals surface area (Å²) >= 11 is 0. The van der Waals surface area contributed by atoms with Crippen molar-refractivity contribution < 1.29 is 20.1 Å². The predicted molar refractivity (Wildman–Crippen MR) is 114 cm³/mol. The molecule has 0 atom stereocenters. The highest BCUT2D eigenvalue weighted by molar-refractivity contribution is 5.66. The van der Waals surface area contributed by atoms with Crippen molar-refractivity contribution in [1.29, 1.82) is 0 Å². The normalized spacial score (nSPS) is 11.4. The molecule has 0 heterocycles. The Labute approximate surface area is 167 Å². The van der Waals surface area contributed by atoms with E-state index in [-0.39, 0.29) is 13.2 Å². The van der Waals surface area contributed by atoms with E-state index in [1.807, 2.05) is 0 Å². The highest BCUT2D eigenvalue weighted by atomic mass is 16.4. The van der Waals surface area contributed by atoms with E-state index >= 15 is 0 Å². The Kier molecular flexibility index (Phi) is 22.4. The van der Waals surface area contributed by atoms with Crippen molar-refractivity contribution in [2.75, 3.05) is 13.2 Å². The number of hydrogen-bond acceptors (Lipinski definition) is 4. The van der Waals surface area contributed by atoms with Crippen LogP contribution < -0.4 is 5.73 Å². The van der Waals surface area contributed by atoms with Crippen molar-refractivity contribution in [3.63, 3.8) is 0 Å². The molecule has 0 aliphatic rings. The molecular weight excluding hydrogens is 342 g/mol. The zero-order chi connectivity index (χ0) is 20.8. The van der Waals surface area contributed by atoms with Crippen LogP contribution in [0.15, 0.2) is 12.2 Å². The summed E-state index contributed by atoms with van der Waals surface area (Å²) in [7, 11) is 0. The first-order valence-electron chi connectivity index (χ1n) is 10.8. The van der Waals surface area contributed by atoms with Gasteiger partial charge in [-0.15, -0.1) is 0 Å². The molecule has 0 aliphatic carbocycles. The molecule has 0 aromatic heterocycles. The fraction of sp³-hybridized carbons (Fsp3) is 0.864. The van der Waals surface area contributed by atoms with E-state index in [1.165, 1.54) is 70.6 Å². The largest absolute Gasteiger partial charge is 0.481 e. The minimum absolute atomic E-state index is 0.177. The first-order chi connectivity index (χ1) is 12.9. The molecule has 5 nitrogen and oxygen atoms in total. The molecule has 0 saturated heterocycles. The van der Waals surface area contributed by atoms with E-state index < -0.39 is 11.5 Å². The number of aliphatic carboxylic acids is 1. The van der Waals surface area contributed by atoms with Crippen molar-refractivity contribution in [2.24, 2.45) is 5.73 Å². The molecule has 162 valence electrons. The second-order valence-corrected chi connectivity index (χ2v) is 7.70. The van der Waals surface area contributed by atoms with Crippen molar-refractivity contribution in [2.45, 2.75) is 109 Å². The number of carboxylic acids is 1. The minimum atomic E-state index is -0.806. The third kappa shape index (κ3) is 27.4. The standard InChI is InChI=1S/C18H34O2.C4H11NO2/c1-2-3-4-5-6-7-8-9-10-11-12-13-14-15-16-17-18(19)20;1-4(5,2-6)3-7/h9-10H,2-8,11-17H2,1H3,(H,19,20);6-7H,2-3,5H2,1H3/b10-9-;. The van der Waals surface area contributed by atoms with Crippen LogP contribution >= 0.6 is 0 Å². The van der Waals surface area contributed by atoms with Crippen LogP contribution in [0.3, 0.4) is 0 Å². The Balaban J connectivity index is 0. The highest BCUT2D eigenvalue weighted by Crippen LogP contribution is 2.09. The van der Waals surface area contributed by atoms with Crippen molar-refractivity contribution in [3.8, 4) is 0 Å². The van der Waals surface area contributed by atoms with Gasteiger partial charge < -0.3 is 21.1 Å². The number of aliphatic hydroxyl groups is 2. The smallest absolute Gasteiger partial charge is 0.303 e. The molecule has 0 spiro atoms. The van der Waals surface area contributed by atoms with Gasteiger partial charge in [-0.25, -0.2) is 0 Å². The van der Waals surface area contributed by atoms with Gasteiger partial charge in [0.15, 0.2) is 0 Å². The molecule has 0 unspecified atom stereocenters. The van der Waals surface area contributed by atoms with Gasteiger partial charge in [-0.3, -0.25) is 4.79 Å². The van der Waals surface area contributed by atoms with Crippen molar-refractivity contribution in [3.05, 3.63) is 12.2 Å². The second-order valence-electron chi connectivity index (χ2n) is 7.70. The number of carboxylic acid groups (broad SMARTS) is 1. The van der Waals surface area contributed by atoms with Gasteiger partial charge >= 0.3 is 5.97 Å². The van der Waals surface area contributed by atoms with E-state index in [9.17, 15) is 4.79 Å². The van der Waals surface area contributed by atoms with Crippen molar-refractivity contribution >= 4 is 5.97 Å². The zero-order valence-corrected chi connectivity index (χ0v) is 17.8. The van der Waals surface area contributed by atoms with Crippen LogP contribution in [0.25, 0.3) is 0 Å². The van der Waals surface area contributed by atoms with Gasteiger partial charge in [-0.1, -0.05) is 70.4 Å². The maximum atomic E-state index is 10.3. The Morgan fingerprint density at radius 2 is 1.22 bits per heavy atom. The summed E-state index contributed by atoms with van der Waals surface area (Å²) < 4.78 is 0. The Morgan fingerprint density at radius 3 is 1.59 bits per heavy atom. The second kappa shape index (κ2) is 21.4. The maximum absolute atomic E-state index is 10.3. The lowest BCUT2D eigenvalue weighted by Crippen LogP contribution is -2.43. The maximum Gasteiger partial charge on any atom is 0.303 e. The molecule has 5 N–H and O–H groups in total. The Bertz CT molecular complexity index is 337. The van der Waals surface area contributed by atoms with Crippen LogP contribution in [0, 0.1) is 0 Å². The summed E-state index contributed by atoms with van der Waals surface area (Å²) in [5.74, 6) is -0.664. The van der Waals surface area contributed by atoms with E-state index in [4.69, 9.17) is 21.1 Å². The molecule has 0 radical (unpaired) electrons. The van der Waals surface area contributed by atoms with E-state index in [0.717, 1.165) is 12.8 Å². The first-order valence-corrected chi connectivity index (χ1v) is 10.8. The van der Waals surface area contributed by atoms with Gasteiger partial charge in [-0.05, 0) is 39.0 Å². The van der Waals surface area contributed by atoms with Gasteiger partial charge in [0, 0.05) is 6.42 Å². The summed E-state index contributed by atoms with van der Waals surface area (Å²) in [5, 5.41) is 25.1. The van der Waals surface area contributed by atoms with Gasteiger partial charge in [0.1, 0.15) is 0 Å². The summed E-state index contributed by atoms with van der Waals surface area (Å²) in [6.45, 7) is 3.48. The fourth-order valence-electron chi connectivity index (χ4n) is 2.40. The lowest BCUT2D eigenvalue weighted by atomic mass is 10.1. The topological polar surface area (TPSA) is 104 Å². The third-order valence-corrected chi connectivity index (χ3v) is 4.37. The van der Waals surface area contributed by atoms with E-state index in [1.54, 1.807) is 6.92 Å². The van der Waals surface area contributed by atoms with Crippen LogP contribution in [0.4, 0.5) is 0 Å². The molecule has 5 heteroatoms. The SMILES string of the molecule is CC(N)(CO)CO.CCCCCCCC/C=C\CCCCCCCC(=O)O. The number of carbonyl (C=O) groups is 1. The number of hydrogen-bond donors (Lipinski definition) is 4. The van der Waals surface area contributed by atoms with Crippen LogP contribution in [0.2, 0.25) is 0 Å². The molecule has 27 heavy (non-hydrogen) atoms. The van der Waals surface area contributed by atoms with Gasteiger partial charge in [0.05, 0.1) is 18.8 Å². The van der Waals surface area contributed by atoms with E-state index in [0.29, 0.717) is 6.42 Å². The molecule has 0 fully saturated rings. The van der Waals surface area contributed by atoms with E-state index in [2.05, 4.69) is 19.1 Å². The lowest BCUT2D eigenvalue weighted by molar-refractivity contribution is -0.137. The van der Waals surface area contributed by atoms with Gasteiger partial charge in [0.2, 0.25) is 0 Å². The average Bonchev–Trinajstić information content (AvgIpc) is 2.65. The Morgan fingerprint density at radius 1 is 0.815 bits per heavy atom.